The molecule has 3 heterocycles. The molecule has 1 saturated heterocycles. The third kappa shape index (κ3) is 11.1. The van der Waals surface area contributed by atoms with Gasteiger partial charge in [0.25, 0.3) is 12.4 Å². The van der Waals surface area contributed by atoms with E-state index in [-0.39, 0.29) is 18.4 Å². The number of anilines is 2. The van der Waals surface area contributed by atoms with Crippen LogP contribution >= 0.6 is 11.6 Å². The number of alkyl halides is 6. The summed E-state index contributed by atoms with van der Waals surface area (Å²) in [6.45, 7) is -2.99. The van der Waals surface area contributed by atoms with Crippen LogP contribution in [-0.4, -0.2) is 69.7 Å². The Hall–Kier alpha value is -5.06. The third-order valence-corrected chi connectivity index (χ3v) is 6.29. The second-order valence-corrected chi connectivity index (χ2v) is 9.24. The molecule has 3 N–H and O–H groups in total. The summed E-state index contributed by atoms with van der Waals surface area (Å²) in [7, 11) is 1.67. The first kappa shape index (κ1) is 37.1. The summed E-state index contributed by atoms with van der Waals surface area (Å²) in [5.41, 5.74) is 2.30. The van der Waals surface area contributed by atoms with Crippen molar-refractivity contribution in [3.05, 3.63) is 83.0 Å². The highest BCUT2D eigenvalue weighted by molar-refractivity contribution is 6.34. The van der Waals surface area contributed by atoms with Gasteiger partial charge in [-0.2, -0.15) is 26.3 Å². The summed E-state index contributed by atoms with van der Waals surface area (Å²) in [4.78, 5) is 36.6. The van der Waals surface area contributed by atoms with E-state index in [2.05, 4.69) is 27.3 Å². The van der Waals surface area contributed by atoms with Crippen molar-refractivity contribution in [1.82, 2.24) is 14.6 Å². The number of amides is 1. The predicted octanol–water partition coefficient (Wildman–Crippen LogP) is 6.50. The number of carboxylic acids is 1. The number of imidazole rings is 1. The summed E-state index contributed by atoms with van der Waals surface area (Å²) >= 11 is 6.13. The Morgan fingerprint density at radius 2 is 1.67 bits per heavy atom. The van der Waals surface area contributed by atoms with E-state index in [0.29, 0.717) is 22.1 Å². The Morgan fingerprint density at radius 3 is 2.22 bits per heavy atom. The minimum atomic E-state index is -5.08. The number of carbonyl (C=O) groups is 3. The Morgan fingerprint density at radius 1 is 1.09 bits per heavy atom. The number of halogens is 7. The molecule has 1 fully saturated rings. The maximum atomic E-state index is 12.6. The highest BCUT2D eigenvalue weighted by Crippen LogP contribution is 2.36. The van der Waals surface area contributed by atoms with Crippen molar-refractivity contribution in [1.29, 1.82) is 0 Å². The Bertz CT molecular complexity index is 1590. The first-order valence-electron chi connectivity index (χ1n) is 12.8. The van der Waals surface area contributed by atoms with Crippen LogP contribution in [0.2, 0.25) is 5.02 Å². The van der Waals surface area contributed by atoms with Gasteiger partial charge in [-0.3, -0.25) is 9.59 Å². The molecule has 2 aromatic carbocycles. The van der Waals surface area contributed by atoms with Gasteiger partial charge in [0, 0.05) is 6.54 Å². The van der Waals surface area contributed by atoms with Crippen LogP contribution in [0, 0.1) is 0 Å². The van der Waals surface area contributed by atoms with Crippen molar-refractivity contribution in [3.8, 4) is 5.75 Å². The van der Waals surface area contributed by atoms with E-state index in [4.69, 9.17) is 41.2 Å². The van der Waals surface area contributed by atoms with Crippen molar-refractivity contribution in [3.63, 3.8) is 0 Å². The molecule has 248 valence electrons. The van der Waals surface area contributed by atoms with Crippen molar-refractivity contribution in [2.75, 3.05) is 23.9 Å². The molecule has 1 aliphatic heterocycles. The number of aromatic nitrogens is 3. The van der Waals surface area contributed by atoms with Crippen LogP contribution in [0.15, 0.2) is 66.9 Å². The standard InChI is InChI=1S/C24H22ClN5O2.C2HF3O2.CHF3.CH2O2/c1-32-17-10-8-16(9-11-17)20-7-4-14-29(20)23-13-12-22-26-21(15-30(22)28-23)27-24(31)18-5-2-3-6-19(18)25;3-2(4,5)1(6)7;2-1(3)4;2-1-3/h2-3,5-6,8-13,15,20H,4,7,14H2,1H3,(H,27,31);(H,6,7);1H;1H,(H,2,3). The van der Waals surface area contributed by atoms with Gasteiger partial charge >= 0.3 is 18.8 Å². The molecule has 2 aromatic heterocycles. The van der Waals surface area contributed by atoms with E-state index in [1.807, 2.05) is 24.3 Å². The normalized spacial score (nSPS) is 13.8. The quantitative estimate of drug-likeness (QED) is 0.159. The number of aliphatic carboxylic acids is 1. The zero-order valence-electron chi connectivity index (χ0n) is 23.7. The fourth-order valence-electron chi connectivity index (χ4n) is 4.13. The number of benzene rings is 2. The van der Waals surface area contributed by atoms with E-state index < -0.39 is 18.8 Å². The Balaban J connectivity index is 0.000000445. The summed E-state index contributed by atoms with van der Waals surface area (Å²) in [6, 6.07) is 19.3. The van der Waals surface area contributed by atoms with Crippen LogP contribution in [0.3, 0.4) is 0 Å². The number of hydrogen-bond acceptors (Lipinski definition) is 7. The van der Waals surface area contributed by atoms with E-state index >= 15 is 0 Å². The molecule has 46 heavy (non-hydrogen) atoms. The smallest absolute Gasteiger partial charge is 0.490 e. The molecule has 4 aromatic rings. The second kappa shape index (κ2) is 17.4. The molecule has 0 radical (unpaired) electrons. The third-order valence-electron chi connectivity index (χ3n) is 5.96. The predicted molar refractivity (Wildman–Crippen MR) is 154 cm³/mol. The van der Waals surface area contributed by atoms with Crippen molar-refractivity contribution in [2.45, 2.75) is 31.7 Å². The molecule has 18 heteroatoms. The number of ether oxygens (including phenoxy) is 1. The topological polar surface area (TPSA) is 146 Å². The zero-order chi connectivity index (χ0) is 34.4. The fraction of sp³-hybridized carbons (Fsp3) is 0.250. The Labute approximate surface area is 262 Å². The number of nitrogens with one attached hydrogen (secondary N) is 1. The molecule has 0 saturated carbocycles. The van der Waals surface area contributed by atoms with Gasteiger partial charge in [0.2, 0.25) is 0 Å². The molecule has 5 rings (SSSR count). The first-order chi connectivity index (χ1) is 21.7. The van der Waals surface area contributed by atoms with E-state index in [1.54, 1.807) is 42.1 Å². The zero-order valence-corrected chi connectivity index (χ0v) is 24.4. The van der Waals surface area contributed by atoms with Gasteiger partial charge in [-0.15, -0.1) is 5.10 Å². The minimum Gasteiger partial charge on any atom is -0.497 e. The molecule has 1 amide bonds. The monoisotopic (exact) mass is 677 g/mol. The van der Waals surface area contributed by atoms with E-state index in [1.165, 1.54) is 5.56 Å². The number of nitrogens with zero attached hydrogens (tertiary/aromatic N) is 4. The highest BCUT2D eigenvalue weighted by Gasteiger charge is 2.38. The molecule has 0 spiro atoms. The summed E-state index contributed by atoms with van der Waals surface area (Å²) in [6.07, 6.45) is -1.21. The van der Waals surface area contributed by atoms with Gasteiger partial charge in [-0.05, 0) is 54.8 Å². The van der Waals surface area contributed by atoms with Crippen LogP contribution in [0.5, 0.6) is 5.75 Å². The van der Waals surface area contributed by atoms with Gasteiger partial charge < -0.3 is 25.2 Å². The van der Waals surface area contributed by atoms with Gasteiger partial charge in [0.15, 0.2) is 11.5 Å². The van der Waals surface area contributed by atoms with Gasteiger partial charge in [0.05, 0.1) is 29.9 Å². The van der Waals surface area contributed by atoms with Crippen molar-refractivity contribution in [2.24, 2.45) is 0 Å². The number of carbonyl (C=O) groups excluding carboxylic acids is 1. The largest absolute Gasteiger partial charge is 0.497 e. The fourth-order valence-corrected chi connectivity index (χ4v) is 4.35. The van der Waals surface area contributed by atoms with Crippen molar-refractivity contribution >= 4 is 47.2 Å². The lowest BCUT2D eigenvalue weighted by atomic mass is 10.0. The molecule has 1 aliphatic rings. The Kier molecular flexibility index (Phi) is 14.1. The molecule has 1 unspecified atom stereocenters. The van der Waals surface area contributed by atoms with Crippen LogP contribution in [0.1, 0.15) is 34.8 Å². The molecule has 1 atom stereocenters. The molecular formula is C28H26ClF6N5O6. The number of hydrogen-bond donors (Lipinski definition) is 3. The van der Waals surface area contributed by atoms with Crippen LogP contribution in [0.4, 0.5) is 38.0 Å². The minimum absolute atomic E-state index is 0.250. The first-order valence-corrected chi connectivity index (χ1v) is 13.2. The second-order valence-electron chi connectivity index (χ2n) is 8.83. The SMILES string of the molecule is COc1ccc(C2CCCN2c2ccc3nc(NC(=O)c4ccccc4Cl)cn3n2)cc1.FC(F)F.O=C(O)C(F)(F)F.O=CO. The average Bonchev–Trinajstić information content (AvgIpc) is 3.64. The lowest BCUT2D eigenvalue weighted by Gasteiger charge is -2.26. The van der Waals surface area contributed by atoms with Crippen LogP contribution in [-0.2, 0) is 9.59 Å². The summed E-state index contributed by atoms with van der Waals surface area (Å²) < 4.78 is 67.7. The van der Waals surface area contributed by atoms with E-state index in [9.17, 15) is 31.1 Å². The summed E-state index contributed by atoms with van der Waals surface area (Å²) in [5.74, 6) is -0.918. The highest BCUT2D eigenvalue weighted by atomic mass is 35.5. The van der Waals surface area contributed by atoms with Gasteiger partial charge in [-0.25, -0.2) is 14.3 Å². The number of methoxy groups -OCH3 is 1. The number of rotatable bonds is 5. The van der Waals surface area contributed by atoms with E-state index in [0.717, 1.165) is 31.0 Å². The van der Waals surface area contributed by atoms with Crippen LogP contribution < -0.4 is 15.0 Å². The van der Waals surface area contributed by atoms with Crippen LogP contribution in [0.25, 0.3) is 5.65 Å². The molecule has 0 bridgehead atoms. The average molecular weight is 678 g/mol. The lowest BCUT2D eigenvalue weighted by molar-refractivity contribution is -0.192. The maximum Gasteiger partial charge on any atom is 0.490 e. The van der Waals surface area contributed by atoms with Gasteiger partial charge in [0.1, 0.15) is 11.6 Å². The number of fused-ring (bicyclic) bond motifs is 1. The number of carboxylic acid groups (broad SMARTS) is 2. The lowest BCUT2D eigenvalue weighted by Crippen LogP contribution is -2.24. The molecular weight excluding hydrogens is 652 g/mol. The van der Waals surface area contributed by atoms with Gasteiger partial charge in [-0.1, -0.05) is 35.9 Å². The molecule has 0 aliphatic carbocycles. The molecule has 11 nitrogen and oxygen atoms in total. The van der Waals surface area contributed by atoms with Crippen molar-refractivity contribution < 1.29 is 55.7 Å². The summed E-state index contributed by atoms with van der Waals surface area (Å²) in [5, 5.41) is 22.0. The maximum absolute atomic E-state index is 12.6.